The van der Waals surface area contributed by atoms with E-state index >= 15 is 0 Å². The van der Waals surface area contributed by atoms with Crippen LogP contribution >= 0.6 is 0 Å². The summed E-state index contributed by atoms with van der Waals surface area (Å²) < 4.78 is 12.4. The van der Waals surface area contributed by atoms with E-state index in [1.54, 1.807) is 22.7 Å². The maximum absolute atomic E-state index is 13.3. The summed E-state index contributed by atoms with van der Waals surface area (Å²) in [5.41, 5.74) is 8.52. The van der Waals surface area contributed by atoms with Gasteiger partial charge in [0.2, 0.25) is 5.90 Å². The van der Waals surface area contributed by atoms with Gasteiger partial charge in [-0.15, -0.1) is 0 Å². The first-order valence-corrected chi connectivity index (χ1v) is 13.4. The number of nitrogens with zero attached hydrogens (tertiary/aromatic N) is 4. The smallest absolute Gasteiger partial charge is 0.321 e. The Morgan fingerprint density at radius 3 is 2.68 bits per heavy atom. The largest absolute Gasteiger partial charge is 0.481 e. The van der Waals surface area contributed by atoms with Gasteiger partial charge in [-0.3, -0.25) is 10.2 Å². The molecule has 0 aromatic carbocycles. The minimum atomic E-state index is -0.273. The van der Waals surface area contributed by atoms with Crippen molar-refractivity contribution in [3.05, 3.63) is 46.0 Å². The molecule has 5 rings (SSSR count). The van der Waals surface area contributed by atoms with E-state index in [0.717, 1.165) is 69.5 Å². The molecule has 3 aliphatic rings. The third-order valence-electron chi connectivity index (χ3n) is 7.93. The number of carbonyl (C=O) groups is 1. The van der Waals surface area contributed by atoms with E-state index in [1.807, 2.05) is 18.3 Å². The van der Waals surface area contributed by atoms with Gasteiger partial charge in [-0.2, -0.15) is 0 Å². The number of ether oxygens (including phenoxy) is 2. The van der Waals surface area contributed by atoms with Crippen LogP contribution in [0.15, 0.2) is 29.3 Å². The van der Waals surface area contributed by atoms with Gasteiger partial charge in [0, 0.05) is 41.8 Å². The Morgan fingerprint density at radius 2 is 2.03 bits per heavy atom. The number of nitrogen functional groups attached to an aromatic ring is 1. The number of nitrogens with two attached hydrogens (primary N) is 1. The van der Waals surface area contributed by atoms with Crippen LogP contribution in [0.4, 0.5) is 22.0 Å². The third kappa shape index (κ3) is 5.47. The highest BCUT2D eigenvalue weighted by atomic mass is 16.5. The zero-order chi connectivity index (χ0) is 26.8. The first kappa shape index (κ1) is 26.0. The molecule has 2 aliphatic heterocycles. The maximum atomic E-state index is 13.3. The summed E-state index contributed by atoms with van der Waals surface area (Å²) in [6.07, 6.45) is 9.25. The number of urea groups is 1. The van der Waals surface area contributed by atoms with Gasteiger partial charge in [0.15, 0.2) is 0 Å². The molecule has 4 N–H and O–H groups in total. The summed E-state index contributed by atoms with van der Waals surface area (Å²) in [6.45, 7) is 2.70. The number of hydrogen-bond donors (Lipinski definition) is 3. The van der Waals surface area contributed by atoms with Crippen molar-refractivity contribution in [1.29, 1.82) is 5.41 Å². The van der Waals surface area contributed by atoms with Crippen LogP contribution in [0.1, 0.15) is 64.5 Å². The molecule has 0 radical (unpaired) electrons. The molecule has 0 unspecified atom stereocenters. The second-order valence-electron chi connectivity index (χ2n) is 10.5. The summed E-state index contributed by atoms with van der Waals surface area (Å²) in [4.78, 5) is 34.7. The van der Waals surface area contributed by atoms with E-state index < -0.39 is 0 Å². The lowest BCUT2D eigenvalue weighted by atomic mass is 10.0. The second kappa shape index (κ2) is 11.0. The standard InChI is InChI=1S/C27H37N7O4.2H2/c1-32(19-7-9-33(10-8-19)21-13-22(25(29)37-2)24(28)30-14-21)27(36)31-23-12-18(17-5-6-17)15-34(26(23)35)20-4-3-11-38-16-20;;/h12-15,17,19-20,29H,3-11,16H2,1-2H3,(H2,28,30)(H,31,36);2*1H/t20-;;/m0../s1. The lowest BCUT2D eigenvalue weighted by Gasteiger charge is -2.37. The minimum absolute atomic E-state index is 0. The molecule has 11 nitrogen and oxygen atoms in total. The van der Waals surface area contributed by atoms with Gasteiger partial charge in [0.1, 0.15) is 11.5 Å². The zero-order valence-corrected chi connectivity index (χ0v) is 22.1. The first-order valence-electron chi connectivity index (χ1n) is 13.4. The van der Waals surface area contributed by atoms with Crippen LogP contribution < -0.4 is 21.5 Å². The van der Waals surface area contributed by atoms with Crippen molar-refractivity contribution in [2.45, 2.75) is 56.5 Å². The van der Waals surface area contributed by atoms with Gasteiger partial charge in [0.05, 0.1) is 37.2 Å². The van der Waals surface area contributed by atoms with E-state index in [2.05, 4.69) is 15.2 Å². The van der Waals surface area contributed by atoms with Gasteiger partial charge >= 0.3 is 6.03 Å². The molecule has 2 amide bonds. The molecule has 1 aliphatic carbocycles. The SMILES string of the molecule is COC(=N)c1cc(N2CCC(N(C)C(=O)Nc3cc(C4CC4)cn([C@H]4CCCOC4)c3=O)CC2)cnc1N.[HH].[HH]. The van der Waals surface area contributed by atoms with E-state index in [-0.39, 0.29) is 38.2 Å². The summed E-state index contributed by atoms with van der Waals surface area (Å²) in [5, 5.41) is 10.9. The number of piperidine rings is 1. The van der Waals surface area contributed by atoms with E-state index in [0.29, 0.717) is 23.8 Å². The molecule has 4 heterocycles. The predicted molar refractivity (Wildman–Crippen MR) is 150 cm³/mol. The van der Waals surface area contributed by atoms with Crippen LogP contribution in [0.5, 0.6) is 0 Å². The number of aromatic nitrogens is 2. The number of carbonyl (C=O) groups excluding carboxylic acids is 1. The molecule has 1 saturated carbocycles. The van der Waals surface area contributed by atoms with Crippen LogP contribution in [-0.4, -0.2) is 72.9 Å². The summed E-state index contributed by atoms with van der Waals surface area (Å²) in [6, 6.07) is 3.44. The first-order chi connectivity index (χ1) is 18.4. The van der Waals surface area contributed by atoms with E-state index in [4.69, 9.17) is 20.6 Å². The Labute approximate surface area is 225 Å². The van der Waals surface area contributed by atoms with Crippen LogP contribution in [0.3, 0.4) is 0 Å². The monoisotopic (exact) mass is 527 g/mol. The van der Waals surface area contributed by atoms with Gasteiger partial charge in [-0.25, -0.2) is 9.78 Å². The van der Waals surface area contributed by atoms with Gasteiger partial charge in [0.25, 0.3) is 5.56 Å². The topological polar surface area (TPSA) is 139 Å². The van der Waals surface area contributed by atoms with Gasteiger partial charge in [-0.1, -0.05) is 0 Å². The third-order valence-corrected chi connectivity index (χ3v) is 7.93. The molecule has 2 saturated heterocycles. The molecule has 3 fully saturated rings. The highest BCUT2D eigenvalue weighted by Crippen LogP contribution is 2.40. The van der Waals surface area contributed by atoms with Crippen molar-refractivity contribution >= 4 is 29.1 Å². The molecule has 208 valence electrons. The van der Waals surface area contributed by atoms with Gasteiger partial charge < -0.3 is 34.9 Å². The number of pyridine rings is 2. The molecule has 2 aromatic heterocycles. The highest BCUT2D eigenvalue weighted by Gasteiger charge is 2.30. The van der Waals surface area contributed by atoms with E-state index in [9.17, 15) is 9.59 Å². The molecule has 38 heavy (non-hydrogen) atoms. The average Bonchev–Trinajstić information content (AvgIpc) is 3.80. The Kier molecular flexibility index (Phi) is 7.55. The van der Waals surface area contributed by atoms with Crippen LogP contribution in [0, 0.1) is 5.41 Å². The fraction of sp³-hybridized carbons (Fsp3) is 0.556. The van der Waals surface area contributed by atoms with E-state index in [1.165, 1.54) is 7.11 Å². The van der Waals surface area contributed by atoms with Crippen molar-refractivity contribution in [3.8, 4) is 0 Å². The molecule has 2 aromatic rings. The Morgan fingerprint density at radius 1 is 1.26 bits per heavy atom. The lowest BCUT2D eigenvalue weighted by molar-refractivity contribution is 0.0580. The number of nitrogens with one attached hydrogen (secondary N) is 2. The lowest BCUT2D eigenvalue weighted by Crippen LogP contribution is -2.47. The Hall–Kier alpha value is -3.60. The number of methoxy groups -OCH3 is 1. The Bertz CT molecular complexity index is 1260. The molecule has 0 bridgehead atoms. The number of amides is 2. The predicted octanol–water partition coefficient (Wildman–Crippen LogP) is 3.65. The molecule has 0 spiro atoms. The molecular formula is C27H41N7O4. The van der Waals surface area contributed by atoms with Crippen molar-refractivity contribution in [2.75, 3.05) is 56.4 Å². The molecule has 1 atom stereocenters. The van der Waals surface area contributed by atoms with Crippen LogP contribution in [0.2, 0.25) is 0 Å². The Balaban J connectivity index is 0.00000220. The fourth-order valence-electron chi connectivity index (χ4n) is 5.38. The zero-order valence-electron chi connectivity index (χ0n) is 22.1. The highest BCUT2D eigenvalue weighted by molar-refractivity contribution is 5.96. The number of anilines is 3. The van der Waals surface area contributed by atoms with Crippen LogP contribution in [0.25, 0.3) is 0 Å². The summed E-state index contributed by atoms with van der Waals surface area (Å²) in [7, 11) is 3.22. The average molecular weight is 528 g/mol. The number of hydrogen-bond acceptors (Lipinski definition) is 8. The van der Waals surface area contributed by atoms with Crippen molar-refractivity contribution < 1.29 is 17.1 Å². The minimum Gasteiger partial charge on any atom is -0.481 e. The molecular weight excluding hydrogens is 486 g/mol. The quantitative estimate of drug-likeness (QED) is 0.385. The fourth-order valence-corrected chi connectivity index (χ4v) is 5.38. The number of rotatable bonds is 6. The van der Waals surface area contributed by atoms with Crippen molar-refractivity contribution in [1.82, 2.24) is 14.5 Å². The van der Waals surface area contributed by atoms with Gasteiger partial charge in [-0.05, 0) is 62.1 Å². The van der Waals surface area contributed by atoms with Crippen molar-refractivity contribution in [3.63, 3.8) is 0 Å². The summed E-state index contributed by atoms with van der Waals surface area (Å²) in [5.74, 6) is 0.691. The second-order valence-corrected chi connectivity index (χ2v) is 10.5. The van der Waals surface area contributed by atoms with Crippen LogP contribution in [-0.2, 0) is 9.47 Å². The van der Waals surface area contributed by atoms with Crippen molar-refractivity contribution in [2.24, 2.45) is 0 Å². The maximum Gasteiger partial charge on any atom is 0.321 e. The molecule has 11 heteroatoms. The normalized spacial score (nSPS) is 20.2. The summed E-state index contributed by atoms with van der Waals surface area (Å²) >= 11 is 0.